The molecule has 0 saturated heterocycles. The topological polar surface area (TPSA) is 20.3 Å². The predicted octanol–water partition coefficient (Wildman–Crippen LogP) is 3.41. The third-order valence-electron chi connectivity index (χ3n) is 2.41. The molecule has 2 nitrogen and oxygen atoms in total. The maximum absolute atomic E-state index is 11.7. The molecule has 0 radical (unpaired) electrons. The maximum Gasteiger partial charge on any atom is 0.241 e. The van der Waals surface area contributed by atoms with E-state index >= 15 is 0 Å². The number of halogens is 2. The van der Waals surface area contributed by atoms with E-state index in [1.54, 1.807) is 22.7 Å². The fourth-order valence-electron chi connectivity index (χ4n) is 1.68. The van der Waals surface area contributed by atoms with Crippen LogP contribution >= 0.6 is 35.0 Å². The number of amides is 1. The van der Waals surface area contributed by atoms with E-state index < -0.39 is 0 Å². The number of thioether (sulfide) groups is 1. The third-order valence-corrected chi connectivity index (χ3v) is 4.01. The van der Waals surface area contributed by atoms with Gasteiger partial charge in [-0.25, -0.2) is 0 Å². The van der Waals surface area contributed by atoms with E-state index in [0.29, 0.717) is 5.02 Å². The largest absolute Gasteiger partial charge is 0.310 e. The van der Waals surface area contributed by atoms with Crippen molar-refractivity contribution in [1.82, 2.24) is 0 Å². The average molecular weight is 276 g/mol. The number of nitrogens with zero attached hydrogens (tertiary/aromatic N) is 1. The van der Waals surface area contributed by atoms with E-state index in [-0.39, 0.29) is 11.8 Å². The number of alkyl halides is 1. The highest BCUT2D eigenvalue weighted by atomic mass is 35.5. The lowest BCUT2D eigenvalue weighted by molar-refractivity contribution is -0.116. The summed E-state index contributed by atoms with van der Waals surface area (Å²) in [6.07, 6.45) is 0.972. The molecule has 86 valence electrons. The summed E-state index contributed by atoms with van der Waals surface area (Å²) >= 11 is 13.3. The number of fused-ring (bicyclic) bond motifs is 1. The quantitative estimate of drug-likeness (QED) is 0.733. The van der Waals surface area contributed by atoms with Crippen LogP contribution in [0.1, 0.15) is 6.42 Å². The van der Waals surface area contributed by atoms with Crippen LogP contribution in [0.3, 0.4) is 0 Å². The van der Waals surface area contributed by atoms with Crippen molar-refractivity contribution in [3.63, 3.8) is 0 Å². The Labute approximate surface area is 109 Å². The number of carbonyl (C=O) groups is 1. The Balaban J connectivity index is 2.40. The molecule has 0 fully saturated rings. The molecule has 1 amide bonds. The molecule has 2 rings (SSSR count). The van der Waals surface area contributed by atoms with Crippen molar-refractivity contribution < 1.29 is 4.79 Å². The van der Waals surface area contributed by atoms with Gasteiger partial charge in [0, 0.05) is 16.5 Å². The zero-order valence-corrected chi connectivity index (χ0v) is 10.9. The van der Waals surface area contributed by atoms with Crippen molar-refractivity contribution in [2.75, 3.05) is 23.1 Å². The summed E-state index contributed by atoms with van der Waals surface area (Å²) in [6.45, 7) is 0.729. The van der Waals surface area contributed by atoms with E-state index in [9.17, 15) is 4.79 Å². The van der Waals surface area contributed by atoms with Gasteiger partial charge in [-0.2, -0.15) is 0 Å². The molecule has 16 heavy (non-hydrogen) atoms. The van der Waals surface area contributed by atoms with Gasteiger partial charge in [0.15, 0.2) is 0 Å². The number of benzene rings is 1. The molecule has 1 aliphatic heterocycles. The molecule has 0 atom stereocenters. The molecule has 0 saturated carbocycles. The minimum Gasteiger partial charge on any atom is -0.310 e. The molecule has 0 spiro atoms. The summed E-state index contributed by atoms with van der Waals surface area (Å²) < 4.78 is 0. The number of anilines is 1. The molecule has 0 aliphatic carbocycles. The second kappa shape index (κ2) is 5.30. The fraction of sp³-hybridized carbons (Fsp3) is 0.364. The summed E-state index contributed by atoms with van der Waals surface area (Å²) in [4.78, 5) is 14.5. The summed E-state index contributed by atoms with van der Waals surface area (Å²) in [5.41, 5.74) is 0.928. The molecule has 1 aromatic rings. The minimum atomic E-state index is -0.0484. The standard InChI is InChI=1S/C11H11Cl2NOS/c12-7-11(15)14-4-1-5-16-10-6-8(13)2-3-9(10)14/h2-3,6H,1,4-5,7H2. The molecule has 1 aromatic carbocycles. The number of rotatable bonds is 1. The van der Waals surface area contributed by atoms with Crippen LogP contribution in [0.2, 0.25) is 5.02 Å². The van der Waals surface area contributed by atoms with Crippen molar-refractivity contribution in [2.45, 2.75) is 11.3 Å². The lowest BCUT2D eigenvalue weighted by Crippen LogP contribution is -2.32. The van der Waals surface area contributed by atoms with Crippen LogP contribution in [0, 0.1) is 0 Å². The van der Waals surface area contributed by atoms with Crippen LogP contribution in [0.25, 0.3) is 0 Å². The molecule has 5 heteroatoms. The van der Waals surface area contributed by atoms with Gasteiger partial charge in [0.25, 0.3) is 0 Å². The van der Waals surface area contributed by atoms with Crippen molar-refractivity contribution in [1.29, 1.82) is 0 Å². The molecule has 0 N–H and O–H groups in total. The van der Waals surface area contributed by atoms with Crippen LogP contribution < -0.4 is 4.90 Å². The van der Waals surface area contributed by atoms with Gasteiger partial charge in [-0.05, 0) is 30.4 Å². The number of carbonyl (C=O) groups excluding carboxylic acids is 1. The Morgan fingerprint density at radius 1 is 1.50 bits per heavy atom. The van der Waals surface area contributed by atoms with Gasteiger partial charge in [0.1, 0.15) is 5.88 Å². The van der Waals surface area contributed by atoms with E-state index in [2.05, 4.69) is 0 Å². The van der Waals surface area contributed by atoms with Gasteiger partial charge in [0.05, 0.1) is 5.69 Å². The first-order chi connectivity index (χ1) is 7.72. The van der Waals surface area contributed by atoms with E-state index in [1.807, 2.05) is 12.1 Å². The zero-order valence-electron chi connectivity index (χ0n) is 8.58. The van der Waals surface area contributed by atoms with E-state index in [4.69, 9.17) is 23.2 Å². The first kappa shape index (κ1) is 12.1. The lowest BCUT2D eigenvalue weighted by atomic mass is 10.2. The van der Waals surface area contributed by atoms with E-state index in [1.165, 1.54) is 0 Å². The third kappa shape index (κ3) is 2.47. The highest BCUT2D eigenvalue weighted by Gasteiger charge is 2.20. The zero-order chi connectivity index (χ0) is 11.5. The predicted molar refractivity (Wildman–Crippen MR) is 69.9 cm³/mol. The Morgan fingerprint density at radius 2 is 2.31 bits per heavy atom. The fourth-order valence-corrected chi connectivity index (χ4v) is 3.09. The summed E-state index contributed by atoms with van der Waals surface area (Å²) in [7, 11) is 0. The van der Waals surface area contributed by atoms with Crippen LogP contribution in [0.15, 0.2) is 23.1 Å². The number of hydrogen-bond donors (Lipinski definition) is 0. The first-order valence-electron chi connectivity index (χ1n) is 5.01. The monoisotopic (exact) mass is 275 g/mol. The summed E-state index contributed by atoms with van der Waals surface area (Å²) in [6, 6.07) is 5.60. The van der Waals surface area contributed by atoms with Crippen molar-refractivity contribution >= 4 is 46.6 Å². The maximum atomic E-state index is 11.7. The Morgan fingerprint density at radius 3 is 3.06 bits per heavy atom. The van der Waals surface area contributed by atoms with Crippen molar-refractivity contribution in [3.05, 3.63) is 23.2 Å². The van der Waals surface area contributed by atoms with Crippen molar-refractivity contribution in [3.8, 4) is 0 Å². The van der Waals surface area contributed by atoms with Crippen LogP contribution in [0.4, 0.5) is 5.69 Å². The van der Waals surface area contributed by atoms with E-state index in [0.717, 1.165) is 29.3 Å². The minimum absolute atomic E-state index is 0.0206. The van der Waals surface area contributed by atoms with Gasteiger partial charge in [-0.3, -0.25) is 4.79 Å². The lowest BCUT2D eigenvalue weighted by Gasteiger charge is -2.21. The Bertz CT molecular complexity index is 411. The van der Waals surface area contributed by atoms with Gasteiger partial charge in [-0.1, -0.05) is 11.6 Å². The smallest absolute Gasteiger partial charge is 0.241 e. The highest BCUT2D eigenvalue weighted by molar-refractivity contribution is 7.99. The van der Waals surface area contributed by atoms with Gasteiger partial charge in [-0.15, -0.1) is 23.4 Å². The van der Waals surface area contributed by atoms with Crippen LogP contribution in [0.5, 0.6) is 0 Å². The van der Waals surface area contributed by atoms with Crippen LogP contribution in [-0.4, -0.2) is 24.1 Å². The first-order valence-corrected chi connectivity index (χ1v) is 6.91. The molecule has 0 aromatic heterocycles. The molecular formula is C11H11Cl2NOS. The van der Waals surface area contributed by atoms with Gasteiger partial charge in [0.2, 0.25) is 5.91 Å². The summed E-state index contributed by atoms with van der Waals surface area (Å²) in [5.74, 6) is 0.972. The average Bonchev–Trinajstić information content (AvgIpc) is 2.49. The number of hydrogen-bond acceptors (Lipinski definition) is 2. The molecule has 0 bridgehead atoms. The van der Waals surface area contributed by atoms with Gasteiger partial charge >= 0.3 is 0 Å². The summed E-state index contributed by atoms with van der Waals surface area (Å²) in [5, 5.41) is 0.700. The SMILES string of the molecule is O=C(CCl)N1CCCSc2cc(Cl)ccc21. The second-order valence-corrected chi connectivity index (χ2v) is 5.33. The Kier molecular flexibility index (Phi) is 4.00. The molecule has 0 unspecified atom stereocenters. The second-order valence-electron chi connectivity index (χ2n) is 3.49. The van der Waals surface area contributed by atoms with Gasteiger partial charge < -0.3 is 4.90 Å². The van der Waals surface area contributed by atoms with Crippen LogP contribution in [-0.2, 0) is 4.79 Å². The normalized spacial score (nSPS) is 15.5. The highest BCUT2D eigenvalue weighted by Crippen LogP contribution is 2.35. The van der Waals surface area contributed by atoms with Crippen molar-refractivity contribution in [2.24, 2.45) is 0 Å². The Hall–Kier alpha value is -0.380. The molecule has 1 aliphatic rings. The molecular weight excluding hydrogens is 265 g/mol. The molecule has 1 heterocycles.